The molecule has 1 rings (SSSR count). The van der Waals surface area contributed by atoms with Crippen LogP contribution in [-0.4, -0.2) is 35.7 Å². The molecule has 1 heterocycles. The summed E-state index contributed by atoms with van der Waals surface area (Å²) in [5.74, 6) is 0. The van der Waals surface area contributed by atoms with Gasteiger partial charge in [0.05, 0.1) is 6.10 Å². The highest BCUT2D eigenvalue weighted by Gasteiger charge is 2.44. The van der Waals surface area contributed by atoms with Crippen LogP contribution in [0, 0.1) is 0 Å². The molecule has 0 spiro atoms. The number of rotatable bonds is 8. The molecule has 1 aliphatic rings. The van der Waals surface area contributed by atoms with Gasteiger partial charge in [-0.15, -0.1) is 0 Å². The first-order valence-corrected chi connectivity index (χ1v) is 8.64. The van der Waals surface area contributed by atoms with E-state index in [4.69, 9.17) is 4.74 Å². The summed E-state index contributed by atoms with van der Waals surface area (Å²) < 4.78 is 5.65. The van der Waals surface area contributed by atoms with Gasteiger partial charge in [0.2, 0.25) is 0 Å². The Kier molecular flexibility index (Phi) is 7.00. The predicted octanol–water partition coefficient (Wildman–Crippen LogP) is 5.01. The molecule has 20 heavy (non-hydrogen) atoms. The normalized spacial score (nSPS) is 23.1. The van der Waals surface area contributed by atoms with Crippen LogP contribution in [-0.2, 0) is 4.74 Å². The number of hydrogen-bond donors (Lipinski definition) is 0. The first-order chi connectivity index (χ1) is 9.33. The highest BCUT2D eigenvalue weighted by atomic mass is 16.5. The lowest BCUT2D eigenvalue weighted by Crippen LogP contribution is -2.62. The second-order valence-corrected chi connectivity index (χ2v) is 7.81. The van der Waals surface area contributed by atoms with Gasteiger partial charge < -0.3 is 4.74 Å². The van der Waals surface area contributed by atoms with Gasteiger partial charge in [-0.1, -0.05) is 39.0 Å². The molecule has 2 nitrogen and oxygen atoms in total. The maximum Gasteiger partial charge on any atom is 0.0606 e. The third-order valence-corrected chi connectivity index (χ3v) is 4.98. The van der Waals surface area contributed by atoms with Gasteiger partial charge in [0, 0.05) is 18.2 Å². The molecule has 120 valence electrons. The largest absolute Gasteiger partial charge is 0.381 e. The Morgan fingerprint density at radius 3 is 1.90 bits per heavy atom. The van der Waals surface area contributed by atoms with Crippen molar-refractivity contribution in [3.05, 3.63) is 0 Å². The van der Waals surface area contributed by atoms with E-state index in [-0.39, 0.29) is 11.1 Å². The number of ether oxygens (including phenoxy) is 1. The SMILES string of the molecule is CCCCCCCCN1C(C)(C)CC(OC)CC1(C)C. The van der Waals surface area contributed by atoms with Crippen LogP contribution in [0.5, 0.6) is 0 Å². The van der Waals surface area contributed by atoms with Gasteiger partial charge in [-0.05, 0) is 53.5 Å². The molecule has 0 unspecified atom stereocenters. The first-order valence-electron chi connectivity index (χ1n) is 8.64. The minimum absolute atomic E-state index is 0.256. The lowest BCUT2D eigenvalue weighted by Gasteiger charge is -2.55. The molecule has 0 aromatic heterocycles. The monoisotopic (exact) mass is 283 g/mol. The van der Waals surface area contributed by atoms with Gasteiger partial charge in [0.1, 0.15) is 0 Å². The number of methoxy groups -OCH3 is 1. The Bertz CT molecular complexity index is 255. The maximum absolute atomic E-state index is 5.65. The predicted molar refractivity (Wildman–Crippen MR) is 88.3 cm³/mol. The fourth-order valence-electron chi connectivity index (χ4n) is 4.05. The van der Waals surface area contributed by atoms with E-state index in [1.165, 1.54) is 45.1 Å². The van der Waals surface area contributed by atoms with Crippen molar-refractivity contribution in [2.24, 2.45) is 0 Å². The van der Waals surface area contributed by atoms with Gasteiger partial charge in [0.25, 0.3) is 0 Å². The van der Waals surface area contributed by atoms with E-state index >= 15 is 0 Å². The summed E-state index contributed by atoms with van der Waals surface area (Å²) in [7, 11) is 1.86. The molecule has 0 amide bonds. The number of hydrogen-bond acceptors (Lipinski definition) is 2. The lowest BCUT2D eigenvalue weighted by atomic mass is 9.78. The van der Waals surface area contributed by atoms with E-state index in [1.54, 1.807) is 0 Å². The number of likely N-dealkylation sites (tertiary alicyclic amines) is 1. The summed E-state index contributed by atoms with van der Waals surface area (Å²) in [5, 5.41) is 0. The molecule has 1 fully saturated rings. The average Bonchev–Trinajstić information content (AvgIpc) is 2.34. The molecule has 0 saturated carbocycles. The molecular formula is C18H37NO. The van der Waals surface area contributed by atoms with E-state index in [2.05, 4.69) is 39.5 Å². The van der Waals surface area contributed by atoms with Crippen LogP contribution >= 0.6 is 0 Å². The Labute approximate surface area is 127 Å². The van der Waals surface area contributed by atoms with Crippen LogP contribution in [0.25, 0.3) is 0 Å². The average molecular weight is 284 g/mol. The van der Waals surface area contributed by atoms with E-state index in [0.29, 0.717) is 6.10 Å². The second-order valence-electron chi connectivity index (χ2n) is 7.81. The molecule has 0 bridgehead atoms. The van der Waals surface area contributed by atoms with Crippen molar-refractivity contribution < 1.29 is 4.74 Å². The van der Waals surface area contributed by atoms with Crippen molar-refractivity contribution in [1.82, 2.24) is 4.90 Å². The maximum atomic E-state index is 5.65. The van der Waals surface area contributed by atoms with Gasteiger partial charge >= 0.3 is 0 Å². The van der Waals surface area contributed by atoms with Crippen LogP contribution in [0.3, 0.4) is 0 Å². The molecule has 0 radical (unpaired) electrons. The topological polar surface area (TPSA) is 12.5 Å². The quantitative estimate of drug-likeness (QED) is 0.580. The molecule has 2 heteroatoms. The Hall–Kier alpha value is -0.0800. The van der Waals surface area contributed by atoms with Crippen molar-refractivity contribution >= 4 is 0 Å². The molecule has 0 aromatic carbocycles. The zero-order valence-electron chi connectivity index (χ0n) is 14.8. The Morgan fingerprint density at radius 2 is 1.40 bits per heavy atom. The van der Waals surface area contributed by atoms with Crippen LogP contribution in [0.1, 0.15) is 86.0 Å². The Morgan fingerprint density at radius 1 is 0.900 bits per heavy atom. The highest BCUT2D eigenvalue weighted by Crippen LogP contribution is 2.39. The summed E-state index contributed by atoms with van der Waals surface area (Å²) in [4.78, 5) is 2.73. The summed E-state index contributed by atoms with van der Waals surface area (Å²) in [6.45, 7) is 13.1. The minimum Gasteiger partial charge on any atom is -0.381 e. The van der Waals surface area contributed by atoms with Crippen molar-refractivity contribution in [3.63, 3.8) is 0 Å². The van der Waals surface area contributed by atoms with Crippen molar-refractivity contribution in [2.45, 2.75) is 103 Å². The summed E-state index contributed by atoms with van der Waals surface area (Å²) in [5.41, 5.74) is 0.512. The smallest absolute Gasteiger partial charge is 0.0606 e. The number of piperidine rings is 1. The molecule has 1 saturated heterocycles. The van der Waals surface area contributed by atoms with Crippen LogP contribution in [0.15, 0.2) is 0 Å². The van der Waals surface area contributed by atoms with Crippen LogP contribution in [0.4, 0.5) is 0 Å². The Balaban J connectivity index is 2.45. The van der Waals surface area contributed by atoms with E-state index in [0.717, 1.165) is 12.8 Å². The highest BCUT2D eigenvalue weighted by molar-refractivity contribution is 5.00. The van der Waals surface area contributed by atoms with Crippen molar-refractivity contribution in [2.75, 3.05) is 13.7 Å². The zero-order chi connectivity index (χ0) is 15.2. The van der Waals surface area contributed by atoms with Crippen LogP contribution in [0.2, 0.25) is 0 Å². The van der Waals surface area contributed by atoms with Crippen molar-refractivity contribution in [3.8, 4) is 0 Å². The molecule has 0 aromatic rings. The molecule has 0 N–H and O–H groups in total. The zero-order valence-corrected chi connectivity index (χ0v) is 14.8. The first kappa shape index (κ1) is 18.0. The molecule has 0 atom stereocenters. The number of nitrogens with zero attached hydrogens (tertiary/aromatic N) is 1. The van der Waals surface area contributed by atoms with E-state index < -0.39 is 0 Å². The van der Waals surface area contributed by atoms with E-state index in [9.17, 15) is 0 Å². The molecule has 0 aliphatic carbocycles. The van der Waals surface area contributed by atoms with Crippen molar-refractivity contribution in [1.29, 1.82) is 0 Å². The fraction of sp³-hybridized carbons (Fsp3) is 1.00. The summed E-state index contributed by atoms with van der Waals surface area (Å²) in [6.07, 6.45) is 11.0. The summed E-state index contributed by atoms with van der Waals surface area (Å²) >= 11 is 0. The van der Waals surface area contributed by atoms with Gasteiger partial charge in [-0.2, -0.15) is 0 Å². The number of unbranched alkanes of at least 4 members (excludes halogenated alkanes) is 5. The van der Waals surface area contributed by atoms with Gasteiger partial charge in [-0.25, -0.2) is 0 Å². The fourth-order valence-corrected chi connectivity index (χ4v) is 4.05. The third-order valence-electron chi connectivity index (χ3n) is 4.98. The van der Waals surface area contributed by atoms with Crippen LogP contribution < -0.4 is 0 Å². The third kappa shape index (κ3) is 5.04. The lowest BCUT2D eigenvalue weighted by molar-refractivity contribution is -0.0930. The molecular weight excluding hydrogens is 246 g/mol. The summed E-state index contributed by atoms with van der Waals surface area (Å²) in [6, 6.07) is 0. The molecule has 1 aliphatic heterocycles. The minimum atomic E-state index is 0.256. The second kappa shape index (κ2) is 7.79. The van der Waals surface area contributed by atoms with Gasteiger partial charge in [-0.3, -0.25) is 4.90 Å². The van der Waals surface area contributed by atoms with Gasteiger partial charge in [0.15, 0.2) is 0 Å². The van der Waals surface area contributed by atoms with E-state index in [1.807, 2.05) is 7.11 Å². The standard InChI is InChI=1S/C18H37NO/c1-7-8-9-10-11-12-13-19-17(2,3)14-16(20-6)15-18(19,4)5/h16H,7-15H2,1-6H3.